The van der Waals surface area contributed by atoms with Crippen molar-refractivity contribution in [3.05, 3.63) is 29.6 Å². The molecule has 0 aliphatic heterocycles. The first-order valence-electron chi connectivity index (χ1n) is 6.63. The molecular weight excluding hydrogens is 245 g/mol. The van der Waals surface area contributed by atoms with Crippen molar-refractivity contribution in [2.24, 2.45) is 0 Å². The van der Waals surface area contributed by atoms with E-state index in [0.29, 0.717) is 12.1 Å². The van der Waals surface area contributed by atoms with Crippen LogP contribution < -0.4 is 4.74 Å². The quantitative estimate of drug-likeness (QED) is 0.535. The van der Waals surface area contributed by atoms with Crippen LogP contribution >= 0.6 is 0 Å². The lowest BCUT2D eigenvalue weighted by Gasteiger charge is -2.15. The zero-order chi connectivity index (χ0) is 14.3. The Bertz CT molecular complexity index is 421. The molecule has 0 atom stereocenters. The summed E-state index contributed by atoms with van der Waals surface area (Å²) in [6, 6.07) is 4.32. The van der Waals surface area contributed by atoms with Gasteiger partial charge in [-0.25, -0.2) is 4.39 Å². The number of nitrogens with zero attached hydrogens (tertiary/aromatic N) is 1. The van der Waals surface area contributed by atoms with Crippen LogP contribution in [-0.2, 0) is 0 Å². The van der Waals surface area contributed by atoms with Crippen molar-refractivity contribution in [1.29, 1.82) is 0 Å². The smallest absolute Gasteiger partial charge is 0.176 e. The molecule has 0 N–H and O–H groups in total. The molecule has 0 amide bonds. The van der Waals surface area contributed by atoms with Gasteiger partial charge in [-0.1, -0.05) is 19.8 Å². The number of halogens is 1. The second-order valence-electron chi connectivity index (χ2n) is 4.72. The molecule has 0 radical (unpaired) electrons. The van der Waals surface area contributed by atoms with E-state index in [2.05, 4.69) is 6.92 Å². The Labute approximate surface area is 114 Å². The Hall–Kier alpha value is -1.42. The van der Waals surface area contributed by atoms with E-state index in [1.165, 1.54) is 19.2 Å². The van der Waals surface area contributed by atoms with Crippen LogP contribution in [0.5, 0.6) is 5.75 Å². The first-order chi connectivity index (χ1) is 9.08. The molecule has 0 aliphatic rings. The van der Waals surface area contributed by atoms with E-state index in [9.17, 15) is 9.18 Å². The van der Waals surface area contributed by atoms with E-state index >= 15 is 0 Å². The van der Waals surface area contributed by atoms with Crippen LogP contribution in [-0.4, -0.2) is 37.9 Å². The van der Waals surface area contributed by atoms with Gasteiger partial charge in [0.2, 0.25) is 0 Å². The molecular formula is C15H22FNO2. The number of ether oxygens (including phenoxy) is 1. The van der Waals surface area contributed by atoms with Gasteiger partial charge >= 0.3 is 0 Å². The fraction of sp³-hybridized carbons (Fsp3) is 0.533. The molecule has 0 saturated carbocycles. The average Bonchev–Trinajstić information content (AvgIpc) is 2.38. The Balaban J connectivity index is 2.55. The number of carbonyl (C=O) groups excluding carboxylic acids is 1. The maximum Gasteiger partial charge on any atom is 0.176 e. The minimum atomic E-state index is -0.498. The van der Waals surface area contributed by atoms with Crippen LogP contribution in [0.4, 0.5) is 4.39 Å². The molecule has 0 unspecified atom stereocenters. The van der Waals surface area contributed by atoms with Crippen molar-refractivity contribution in [1.82, 2.24) is 4.90 Å². The lowest BCUT2D eigenvalue weighted by Crippen LogP contribution is -2.27. The molecule has 0 heterocycles. The van der Waals surface area contributed by atoms with E-state index in [-0.39, 0.29) is 11.5 Å². The van der Waals surface area contributed by atoms with Crippen LogP contribution in [0.2, 0.25) is 0 Å². The highest BCUT2D eigenvalue weighted by molar-refractivity contribution is 5.97. The SMILES string of the molecule is CCCCCN(C)CC(=O)c1ccc(OC)c(F)c1. The molecule has 106 valence electrons. The summed E-state index contributed by atoms with van der Waals surface area (Å²) in [7, 11) is 3.31. The normalized spacial score (nSPS) is 10.8. The van der Waals surface area contributed by atoms with Crippen molar-refractivity contribution < 1.29 is 13.9 Å². The maximum atomic E-state index is 13.5. The topological polar surface area (TPSA) is 29.5 Å². The van der Waals surface area contributed by atoms with E-state index in [0.717, 1.165) is 25.8 Å². The van der Waals surface area contributed by atoms with Gasteiger partial charge in [0, 0.05) is 5.56 Å². The third-order valence-corrected chi connectivity index (χ3v) is 3.03. The van der Waals surface area contributed by atoms with Gasteiger partial charge < -0.3 is 4.74 Å². The molecule has 1 aromatic carbocycles. The minimum absolute atomic E-state index is 0.0689. The van der Waals surface area contributed by atoms with Crippen LogP contribution in [0.15, 0.2) is 18.2 Å². The number of likely N-dealkylation sites (N-methyl/N-ethyl adjacent to an activating group) is 1. The molecule has 4 heteroatoms. The number of Topliss-reactive ketones (excluding diaryl/α,β-unsaturated/α-hetero) is 1. The predicted molar refractivity (Wildman–Crippen MR) is 74.3 cm³/mol. The molecule has 0 saturated heterocycles. The van der Waals surface area contributed by atoms with E-state index < -0.39 is 5.82 Å². The van der Waals surface area contributed by atoms with Crippen molar-refractivity contribution in [3.63, 3.8) is 0 Å². The van der Waals surface area contributed by atoms with Crippen LogP contribution in [0, 0.1) is 5.82 Å². The van der Waals surface area contributed by atoms with Gasteiger partial charge in [0.15, 0.2) is 17.3 Å². The summed E-state index contributed by atoms with van der Waals surface area (Å²) in [6.07, 6.45) is 3.40. The lowest BCUT2D eigenvalue weighted by atomic mass is 10.1. The number of carbonyl (C=O) groups is 1. The summed E-state index contributed by atoms with van der Waals surface area (Å²) in [4.78, 5) is 14.0. The fourth-order valence-corrected chi connectivity index (χ4v) is 1.89. The van der Waals surface area contributed by atoms with E-state index in [4.69, 9.17) is 4.74 Å². The highest BCUT2D eigenvalue weighted by atomic mass is 19.1. The molecule has 3 nitrogen and oxygen atoms in total. The van der Waals surface area contributed by atoms with Gasteiger partial charge in [-0.15, -0.1) is 0 Å². The number of benzene rings is 1. The highest BCUT2D eigenvalue weighted by Gasteiger charge is 2.12. The first-order valence-corrected chi connectivity index (χ1v) is 6.63. The van der Waals surface area contributed by atoms with E-state index in [1.54, 1.807) is 6.07 Å². The summed E-state index contributed by atoms with van der Waals surface area (Å²) in [5.74, 6) is -0.407. The monoisotopic (exact) mass is 267 g/mol. The Morgan fingerprint density at radius 2 is 2.11 bits per heavy atom. The zero-order valence-corrected chi connectivity index (χ0v) is 11.9. The van der Waals surface area contributed by atoms with Gasteiger partial charge in [-0.2, -0.15) is 0 Å². The summed E-state index contributed by atoms with van der Waals surface area (Å²) < 4.78 is 18.3. The third-order valence-electron chi connectivity index (χ3n) is 3.03. The van der Waals surface area contributed by atoms with Gasteiger partial charge in [-0.05, 0) is 38.2 Å². The molecule has 1 aromatic rings. The molecule has 0 aromatic heterocycles. The molecule has 0 aliphatic carbocycles. The van der Waals surface area contributed by atoms with Crippen molar-refractivity contribution >= 4 is 5.78 Å². The Morgan fingerprint density at radius 3 is 2.68 bits per heavy atom. The van der Waals surface area contributed by atoms with Crippen molar-refractivity contribution in [2.45, 2.75) is 26.2 Å². The average molecular weight is 267 g/mol. The number of hydrogen-bond acceptors (Lipinski definition) is 3. The summed E-state index contributed by atoms with van der Waals surface area (Å²) >= 11 is 0. The van der Waals surface area contributed by atoms with Gasteiger partial charge in [0.05, 0.1) is 13.7 Å². The molecule has 0 fully saturated rings. The summed E-state index contributed by atoms with van der Waals surface area (Å²) in [5.41, 5.74) is 0.389. The van der Waals surface area contributed by atoms with Crippen molar-refractivity contribution in [2.75, 3.05) is 27.2 Å². The fourth-order valence-electron chi connectivity index (χ4n) is 1.89. The second-order valence-corrected chi connectivity index (χ2v) is 4.72. The maximum absolute atomic E-state index is 13.5. The van der Waals surface area contributed by atoms with Crippen LogP contribution in [0.3, 0.4) is 0 Å². The second kappa shape index (κ2) is 7.89. The highest BCUT2D eigenvalue weighted by Crippen LogP contribution is 2.18. The summed E-state index contributed by atoms with van der Waals surface area (Å²) in [6.45, 7) is 3.35. The third kappa shape index (κ3) is 4.99. The van der Waals surface area contributed by atoms with Crippen molar-refractivity contribution in [3.8, 4) is 5.75 Å². The standard InChI is InChI=1S/C15H22FNO2/c1-4-5-6-9-17(2)11-14(18)12-7-8-15(19-3)13(16)10-12/h7-8,10H,4-6,9,11H2,1-3H3. The van der Waals surface area contributed by atoms with E-state index in [1.807, 2.05) is 11.9 Å². The van der Waals surface area contributed by atoms with Crippen LogP contribution in [0.1, 0.15) is 36.5 Å². The first kappa shape index (κ1) is 15.6. The predicted octanol–water partition coefficient (Wildman–Crippen LogP) is 3.14. The molecule has 0 bridgehead atoms. The Morgan fingerprint density at radius 1 is 1.37 bits per heavy atom. The number of hydrogen-bond donors (Lipinski definition) is 0. The number of methoxy groups -OCH3 is 1. The molecule has 0 spiro atoms. The zero-order valence-electron chi connectivity index (χ0n) is 11.9. The van der Waals surface area contributed by atoms with Gasteiger partial charge in [-0.3, -0.25) is 9.69 Å². The molecule has 19 heavy (non-hydrogen) atoms. The number of unbranched alkanes of at least 4 members (excludes halogenated alkanes) is 2. The van der Waals surface area contributed by atoms with Gasteiger partial charge in [0.1, 0.15) is 0 Å². The van der Waals surface area contributed by atoms with Gasteiger partial charge in [0.25, 0.3) is 0 Å². The number of rotatable bonds is 8. The number of ketones is 1. The minimum Gasteiger partial charge on any atom is -0.494 e. The largest absolute Gasteiger partial charge is 0.494 e. The molecule has 1 rings (SSSR count). The lowest BCUT2D eigenvalue weighted by molar-refractivity contribution is 0.0945. The Kier molecular flexibility index (Phi) is 6.50. The van der Waals surface area contributed by atoms with Crippen LogP contribution in [0.25, 0.3) is 0 Å². The summed E-state index contributed by atoms with van der Waals surface area (Å²) in [5, 5.41) is 0.